The zero-order valence-corrected chi connectivity index (χ0v) is 13.3. The van der Waals surface area contributed by atoms with Gasteiger partial charge in [0.05, 0.1) is 17.4 Å². The highest BCUT2D eigenvalue weighted by atomic mass is 16.5. The molecule has 0 bridgehead atoms. The van der Waals surface area contributed by atoms with Crippen LogP contribution in [0, 0.1) is 51.8 Å². The molecule has 122 valence electrons. The van der Waals surface area contributed by atoms with Gasteiger partial charge < -0.3 is 10.5 Å². The predicted molar refractivity (Wildman–Crippen MR) is 78.7 cm³/mol. The molecule has 0 aromatic heterocycles. The van der Waals surface area contributed by atoms with E-state index in [0.717, 1.165) is 19.1 Å². The van der Waals surface area contributed by atoms with Crippen molar-refractivity contribution in [1.29, 1.82) is 0 Å². The monoisotopic (exact) mass is 314 g/mol. The number of esters is 1. The molecule has 1 heterocycles. The number of likely N-dealkylation sites (tertiary alicyclic amines) is 1. The Kier molecular flexibility index (Phi) is 1.58. The SMILES string of the molecule is CC1(COC(=O)C23C4C5C2C2C3C4C52C(N)=O)CN(C2CC2)C1. The Bertz CT molecular complexity index is 652. The summed E-state index contributed by atoms with van der Waals surface area (Å²) in [6, 6.07) is 0.813. The number of carbonyl (C=O) groups is 2. The van der Waals surface area contributed by atoms with Crippen LogP contribution in [0.5, 0.6) is 0 Å². The summed E-state index contributed by atoms with van der Waals surface area (Å²) in [5.74, 6) is 2.63. The molecule has 7 saturated carbocycles. The van der Waals surface area contributed by atoms with E-state index in [2.05, 4.69) is 11.8 Å². The van der Waals surface area contributed by atoms with Gasteiger partial charge >= 0.3 is 5.97 Å². The van der Waals surface area contributed by atoms with E-state index in [4.69, 9.17) is 10.5 Å². The first-order chi connectivity index (χ1) is 11.0. The maximum atomic E-state index is 12.8. The van der Waals surface area contributed by atoms with Gasteiger partial charge in [-0.1, -0.05) is 6.92 Å². The van der Waals surface area contributed by atoms with Gasteiger partial charge in [-0.25, -0.2) is 0 Å². The number of hydrogen-bond acceptors (Lipinski definition) is 4. The van der Waals surface area contributed by atoms with E-state index in [1.807, 2.05) is 0 Å². The summed E-state index contributed by atoms with van der Waals surface area (Å²) in [7, 11) is 0. The van der Waals surface area contributed by atoms with Crippen molar-refractivity contribution >= 4 is 11.9 Å². The fraction of sp³-hybridized carbons (Fsp3) is 0.889. The summed E-state index contributed by atoms with van der Waals surface area (Å²) in [5.41, 5.74) is 5.47. The highest BCUT2D eigenvalue weighted by Crippen LogP contribution is 3.10. The lowest BCUT2D eigenvalue weighted by Crippen LogP contribution is -3.12. The minimum atomic E-state index is -0.160. The molecule has 23 heavy (non-hydrogen) atoms. The third-order valence-electron chi connectivity index (χ3n) is 9.20. The lowest BCUT2D eigenvalue weighted by Gasteiger charge is -3.09. The van der Waals surface area contributed by atoms with Crippen LogP contribution in [0.15, 0.2) is 0 Å². The second kappa shape index (κ2) is 2.96. The van der Waals surface area contributed by atoms with Crippen molar-refractivity contribution in [2.75, 3.05) is 19.7 Å². The molecule has 2 N–H and O–H groups in total. The van der Waals surface area contributed by atoms with Gasteiger partial charge in [-0.2, -0.15) is 0 Å². The van der Waals surface area contributed by atoms with Crippen molar-refractivity contribution in [3.05, 3.63) is 0 Å². The van der Waals surface area contributed by atoms with Crippen LogP contribution in [-0.2, 0) is 14.3 Å². The van der Waals surface area contributed by atoms with E-state index in [0.29, 0.717) is 42.1 Å². The van der Waals surface area contributed by atoms with Crippen molar-refractivity contribution in [2.45, 2.75) is 25.8 Å². The predicted octanol–water partition coefficient (Wildman–Crippen LogP) is 0.237. The summed E-state index contributed by atoms with van der Waals surface area (Å²) >= 11 is 0. The zero-order valence-electron chi connectivity index (χ0n) is 13.3. The van der Waals surface area contributed by atoms with Crippen LogP contribution < -0.4 is 5.73 Å². The van der Waals surface area contributed by atoms with Gasteiger partial charge in [-0.3, -0.25) is 14.5 Å². The summed E-state index contributed by atoms with van der Waals surface area (Å²) in [6.07, 6.45) is 2.69. The zero-order chi connectivity index (χ0) is 15.5. The molecule has 1 saturated heterocycles. The number of nitrogens with zero attached hydrogens (tertiary/aromatic N) is 1. The third kappa shape index (κ3) is 0.847. The number of nitrogens with two attached hydrogens (primary N) is 1. The molecule has 0 unspecified atom stereocenters. The standard InChI is InChI=1S/C18H22N2O3/c1-16(4-20(5-16)7-2-3-7)6-23-15(22)18-11-8-12(18)10-13(18)9(11)17(8,10)14(19)21/h7-13H,2-6H2,1H3,(H2,19,21). The number of amides is 1. The van der Waals surface area contributed by atoms with Crippen LogP contribution in [0.4, 0.5) is 0 Å². The van der Waals surface area contributed by atoms with Crippen LogP contribution in [0.2, 0.25) is 0 Å². The summed E-state index contributed by atoms with van der Waals surface area (Å²) in [4.78, 5) is 27.0. The molecule has 0 spiro atoms. The average molecular weight is 314 g/mol. The molecule has 8 aliphatic rings. The number of primary amides is 1. The van der Waals surface area contributed by atoms with Crippen LogP contribution in [0.1, 0.15) is 19.8 Å². The van der Waals surface area contributed by atoms with Crippen LogP contribution in [0.3, 0.4) is 0 Å². The van der Waals surface area contributed by atoms with E-state index >= 15 is 0 Å². The highest BCUT2D eigenvalue weighted by Gasteiger charge is 3.13. The van der Waals surface area contributed by atoms with Crippen molar-refractivity contribution in [3.8, 4) is 0 Å². The largest absolute Gasteiger partial charge is 0.465 e. The molecule has 0 atom stereocenters. The Morgan fingerprint density at radius 2 is 1.57 bits per heavy atom. The van der Waals surface area contributed by atoms with Gasteiger partial charge in [0.2, 0.25) is 5.91 Å². The maximum Gasteiger partial charge on any atom is 0.313 e. The van der Waals surface area contributed by atoms with Crippen molar-refractivity contribution < 1.29 is 14.3 Å². The first-order valence-corrected chi connectivity index (χ1v) is 9.19. The molecule has 1 aliphatic heterocycles. The van der Waals surface area contributed by atoms with Gasteiger partial charge in [0.1, 0.15) is 0 Å². The van der Waals surface area contributed by atoms with E-state index in [9.17, 15) is 9.59 Å². The molecule has 8 fully saturated rings. The fourth-order valence-electron chi connectivity index (χ4n) is 8.52. The van der Waals surface area contributed by atoms with E-state index in [1.54, 1.807) is 0 Å². The van der Waals surface area contributed by atoms with Crippen molar-refractivity contribution in [2.24, 2.45) is 57.5 Å². The molecule has 7 aliphatic carbocycles. The topological polar surface area (TPSA) is 72.6 Å². The van der Waals surface area contributed by atoms with E-state index in [-0.39, 0.29) is 28.1 Å². The Balaban J connectivity index is 1.03. The Labute approximate surface area is 134 Å². The summed E-state index contributed by atoms with van der Waals surface area (Å²) < 4.78 is 5.82. The van der Waals surface area contributed by atoms with Gasteiger partial charge in [-0.15, -0.1) is 0 Å². The van der Waals surface area contributed by atoms with Crippen LogP contribution >= 0.6 is 0 Å². The normalized spacial score (nSPS) is 60.7. The highest BCUT2D eigenvalue weighted by molar-refractivity contribution is 5.98. The third-order valence-corrected chi connectivity index (χ3v) is 9.20. The first-order valence-electron chi connectivity index (χ1n) is 9.19. The molecule has 0 aromatic rings. The van der Waals surface area contributed by atoms with Gasteiger partial charge in [0, 0.05) is 24.5 Å². The van der Waals surface area contributed by atoms with Gasteiger partial charge in [0.25, 0.3) is 0 Å². The van der Waals surface area contributed by atoms with E-state index in [1.165, 1.54) is 12.8 Å². The number of carbonyl (C=O) groups excluding carboxylic acids is 2. The quantitative estimate of drug-likeness (QED) is 0.738. The second-order valence-corrected chi connectivity index (χ2v) is 9.91. The number of rotatable bonds is 5. The fourth-order valence-corrected chi connectivity index (χ4v) is 8.52. The Morgan fingerprint density at radius 3 is 2.04 bits per heavy atom. The van der Waals surface area contributed by atoms with Crippen molar-refractivity contribution in [3.63, 3.8) is 0 Å². The minimum Gasteiger partial charge on any atom is -0.465 e. The molecular weight excluding hydrogens is 292 g/mol. The van der Waals surface area contributed by atoms with Crippen LogP contribution in [0.25, 0.3) is 0 Å². The second-order valence-electron chi connectivity index (χ2n) is 9.91. The Hall–Kier alpha value is -1.10. The molecule has 8 rings (SSSR count). The lowest BCUT2D eigenvalue weighted by atomic mass is 8.92. The average Bonchev–Trinajstić information content (AvgIpc) is 3.33. The lowest BCUT2D eigenvalue weighted by molar-refractivity contribution is -0.626. The smallest absolute Gasteiger partial charge is 0.313 e. The Morgan fingerprint density at radius 1 is 1.04 bits per heavy atom. The minimum absolute atomic E-state index is 0.0603. The molecule has 0 aromatic carbocycles. The number of ether oxygens (including phenoxy) is 1. The van der Waals surface area contributed by atoms with E-state index < -0.39 is 0 Å². The van der Waals surface area contributed by atoms with Gasteiger partial charge in [-0.05, 0) is 48.3 Å². The first kappa shape index (κ1) is 12.3. The number of hydrogen-bond donors (Lipinski definition) is 1. The summed E-state index contributed by atoms with van der Waals surface area (Å²) in [5, 5.41) is 0. The molecule has 1 amide bonds. The van der Waals surface area contributed by atoms with Crippen LogP contribution in [-0.4, -0.2) is 42.5 Å². The molecular formula is C18H22N2O3. The van der Waals surface area contributed by atoms with Crippen molar-refractivity contribution in [1.82, 2.24) is 4.90 Å². The summed E-state index contributed by atoms with van der Waals surface area (Å²) in [6.45, 7) is 4.96. The molecule has 5 heteroatoms. The molecule has 0 radical (unpaired) electrons. The van der Waals surface area contributed by atoms with Gasteiger partial charge in [0.15, 0.2) is 0 Å². The maximum absolute atomic E-state index is 12.8. The molecule has 5 nitrogen and oxygen atoms in total.